The molecular weight excluding hydrogens is 254 g/mol. The zero-order valence-corrected chi connectivity index (χ0v) is 10.6. The van der Waals surface area contributed by atoms with Crippen LogP contribution in [0.25, 0.3) is 16.7 Å². The maximum atomic E-state index is 12.6. The molecule has 0 fully saturated rings. The first-order valence-corrected chi connectivity index (χ1v) is 6.46. The minimum absolute atomic E-state index is 0.131. The monoisotopic (exact) mass is 265 g/mol. The topological polar surface area (TPSA) is 67.2 Å². The average molecular weight is 265 g/mol. The average Bonchev–Trinajstić information content (AvgIpc) is 2.47. The lowest BCUT2D eigenvalue weighted by molar-refractivity contribution is 0.871. The van der Waals surface area contributed by atoms with Crippen LogP contribution in [0.2, 0.25) is 0 Å². The zero-order valence-electron chi connectivity index (χ0n) is 10.6. The molecule has 1 aliphatic carbocycles. The Morgan fingerprint density at radius 1 is 1.10 bits per heavy atom. The summed E-state index contributed by atoms with van der Waals surface area (Å²) in [5.41, 5.74) is 1.70. The standard InChI is InChI=1S/C15H11N3O2/c19-13-10-6-2-4-8-12(10)18-14(20)9-5-1-3-7-11(9)16-15(18)17-13/h1-5,7H,6,8H2,(H,16,17,19). The second-order valence-electron chi connectivity index (χ2n) is 4.85. The SMILES string of the molecule is O=c1[nH]c2nc3ccccc3c(=O)n2c2c1CC=CC2. The van der Waals surface area contributed by atoms with Crippen LogP contribution in [-0.4, -0.2) is 14.4 Å². The zero-order chi connectivity index (χ0) is 13.7. The summed E-state index contributed by atoms with van der Waals surface area (Å²) in [5, 5.41) is 0.564. The highest BCUT2D eigenvalue weighted by atomic mass is 16.1. The van der Waals surface area contributed by atoms with Gasteiger partial charge in [-0.2, -0.15) is 0 Å². The van der Waals surface area contributed by atoms with Gasteiger partial charge in [0, 0.05) is 17.7 Å². The van der Waals surface area contributed by atoms with E-state index in [1.54, 1.807) is 12.1 Å². The fourth-order valence-corrected chi connectivity index (χ4v) is 2.73. The molecule has 1 aliphatic rings. The van der Waals surface area contributed by atoms with E-state index < -0.39 is 0 Å². The Labute approximate surface area is 113 Å². The molecule has 20 heavy (non-hydrogen) atoms. The van der Waals surface area contributed by atoms with Crippen molar-refractivity contribution < 1.29 is 0 Å². The van der Waals surface area contributed by atoms with Gasteiger partial charge in [-0.25, -0.2) is 9.38 Å². The first kappa shape index (κ1) is 11.2. The molecule has 2 aromatic heterocycles. The van der Waals surface area contributed by atoms with Crippen molar-refractivity contribution in [2.75, 3.05) is 0 Å². The number of allylic oxidation sites excluding steroid dienone is 2. The minimum atomic E-state index is -0.161. The summed E-state index contributed by atoms with van der Waals surface area (Å²) in [7, 11) is 0. The molecule has 0 atom stereocenters. The van der Waals surface area contributed by atoms with Gasteiger partial charge in [0.1, 0.15) is 0 Å². The van der Waals surface area contributed by atoms with Crippen molar-refractivity contribution in [3.05, 3.63) is 68.4 Å². The normalized spacial score (nSPS) is 13.8. The number of nitrogens with zero attached hydrogens (tertiary/aromatic N) is 2. The first-order chi connectivity index (χ1) is 9.75. The molecule has 0 unspecified atom stereocenters. The molecule has 0 bridgehead atoms. The molecule has 1 aromatic carbocycles. The predicted molar refractivity (Wildman–Crippen MR) is 76.1 cm³/mol. The van der Waals surface area contributed by atoms with Crippen LogP contribution in [0.5, 0.6) is 0 Å². The van der Waals surface area contributed by atoms with Crippen LogP contribution in [0.15, 0.2) is 46.0 Å². The minimum Gasteiger partial charge on any atom is -0.292 e. The van der Waals surface area contributed by atoms with Crippen molar-refractivity contribution in [2.24, 2.45) is 0 Å². The fraction of sp³-hybridized carbons (Fsp3) is 0.133. The van der Waals surface area contributed by atoms with Crippen molar-refractivity contribution >= 4 is 16.7 Å². The number of rotatable bonds is 0. The molecule has 4 rings (SSSR count). The highest BCUT2D eigenvalue weighted by Gasteiger charge is 2.16. The maximum Gasteiger partial charge on any atom is 0.267 e. The second kappa shape index (κ2) is 3.90. The molecule has 0 aliphatic heterocycles. The van der Waals surface area contributed by atoms with E-state index in [0.717, 1.165) is 5.69 Å². The smallest absolute Gasteiger partial charge is 0.267 e. The molecule has 3 aromatic rings. The number of aromatic nitrogens is 3. The number of benzene rings is 1. The van der Waals surface area contributed by atoms with Gasteiger partial charge in [-0.05, 0) is 18.6 Å². The number of H-pyrrole nitrogens is 1. The fourth-order valence-electron chi connectivity index (χ4n) is 2.73. The Morgan fingerprint density at radius 2 is 1.90 bits per heavy atom. The molecular formula is C15H11N3O2. The van der Waals surface area contributed by atoms with Gasteiger partial charge in [0.05, 0.1) is 10.9 Å². The van der Waals surface area contributed by atoms with Crippen LogP contribution in [0.1, 0.15) is 11.3 Å². The van der Waals surface area contributed by atoms with Crippen molar-refractivity contribution in [1.82, 2.24) is 14.4 Å². The van der Waals surface area contributed by atoms with Crippen LogP contribution < -0.4 is 11.1 Å². The Morgan fingerprint density at radius 3 is 2.80 bits per heavy atom. The van der Waals surface area contributed by atoms with E-state index in [2.05, 4.69) is 9.97 Å². The largest absolute Gasteiger partial charge is 0.292 e. The van der Waals surface area contributed by atoms with Gasteiger partial charge < -0.3 is 0 Å². The molecule has 5 nitrogen and oxygen atoms in total. The molecule has 2 heterocycles. The van der Waals surface area contributed by atoms with Gasteiger partial charge in [0.2, 0.25) is 5.78 Å². The van der Waals surface area contributed by atoms with E-state index in [4.69, 9.17) is 0 Å². The van der Waals surface area contributed by atoms with E-state index >= 15 is 0 Å². The summed E-state index contributed by atoms with van der Waals surface area (Å²) in [5.74, 6) is 0.313. The van der Waals surface area contributed by atoms with Crippen LogP contribution in [0.3, 0.4) is 0 Å². The molecule has 5 heteroatoms. The van der Waals surface area contributed by atoms with Gasteiger partial charge in [-0.1, -0.05) is 24.3 Å². The summed E-state index contributed by atoms with van der Waals surface area (Å²) in [6, 6.07) is 7.17. The Hall–Kier alpha value is -2.69. The van der Waals surface area contributed by atoms with E-state index in [0.29, 0.717) is 35.1 Å². The van der Waals surface area contributed by atoms with Crippen LogP contribution in [0.4, 0.5) is 0 Å². The first-order valence-electron chi connectivity index (χ1n) is 6.46. The number of hydrogen-bond donors (Lipinski definition) is 1. The highest BCUT2D eigenvalue weighted by molar-refractivity contribution is 5.79. The van der Waals surface area contributed by atoms with Crippen LogP contribution in [0, 0.1) is 0 Å². The van der Waals surface area contributed by atoms with Gasteiger partial charge in [0.25, 0.3) is 11.1 Å². The van der Waals surface area contributed by atoms with Crippen molar-refractivity contribution in [2.45, 2.75) is 12.8 Å². The maximum absolute atomic E-state index is 12.6. The third-order valence-electron chi connectivity index (χ3n) is 3.69. The third kappa shape index (κ3) is 1.40. The molecule has 0 saturated carbocycles. The van der Waals surface area contributed by atoms with Crippen molar-refractivity contribution in [3.63, 3.8) is 0 Å². The number of nitrogens with one attached hydrogen (secondary N) is 1. The second-order valence-corrected chi connectivity index (χ2v) is 4.85. The Bertz CT molecular complexity index is 996. The number of hydrogen-bond acceptors (Lipinski definition) is 3. The lowest BCUT2D eigenvalue weighted by atomic mass is 10.0. The lowest BCUT2D eigenvalue weighted by Gasteiger charge is -2.14. The van der Waals surface area contributed by atoms with Gasteiger partial charge >= 0.3 is 0 Å². The molecule has 0 amide bonds. The molecule has 0 spiro atoms. The van der Waals surface area contributed by atoms with Crippen molar-refractivity contribution in [1.29, 1.82) is 0 Å². The summed E-state index contributed by atoms with van der Waals surface area (Å²) in [6.07, 6.45) is 5.06. The molecule has 0 radical (unpaired) electrons. The highest BCUT2D eigenvalue weighted by Crippen LogP contribution is 2.14. The quantitative estimate of drug-likeness (QED) is 0.490. The van der Waals surface area contributed by atoms with Gasteiger partial charge in [0.15, 0.2) is 0 Å². The van der Waals surface area contributed by atoms with Crippen LogP contribution in [-0.2, 0) is 12.8 Å². The number of aromatic amines is 1. The lowest BCUT2D eigenvalue weighted by Crippen LogP contribution is -2.28. The summed E-state index contributed by atoms with van der Waals surface area (Å²) >= 11 is 0. The van der Waals surface area contributed by atoms with E-state index in [9.17, 15) is 9.59 Å². The Kier molecular flexibility index (Phi) is 2.18. The number of fused-ring (bicyclic) bond motifs is 4. The van der Waals surface area contributed by atoms with E-state index in [1.165, 1.54) is 4.40 Å². The molecule has 1 N–H and O–H groups in total. The van der Waals surface area contributed by atoms with Crippen LogP contribution >= 0.6 is 0 Å². The summed E-state index contributed by atoms with van der Waals surface area (Å²) < 4.78 is 1.53. The Balaban J connectivity index is 2.29. The number of para-hydroxylation sites is 1. The van der Waals surface area contributed by atoms with E-state index in [1.807, 2.05) is 24.3 Å². The molecule has 0 saturated heterocycles. The van der Waals surface area contributed by atoms with Crippen molar-refractivity contribution in [3.8, 4) is 0 Å². The molecule has 98 valence electrons. The van der Waals surface area contributed by atoms with E-state index in [-0.39, 0.29) is 11.1 Å². The predicted octanol–water partition coefficient (Wildman–Crippen LogP) is 1.19. The summed E-state index contributed by atoms with van der Waals surface area (Å²) in [6.45, 7) is 0. The summed E-state index contributed by atoms with van der Waals surface area (Å²) in [4.78, 5) is 31.8. The van der Waals surface area contributed by atoms with Gasteiger partial charge in [-0.3, -0.25) is 14.6 Å². The van der Waals surface area contributed by atoms with Gasteiger partial charge in [-0.15, -0.1) is 0 Å². The third-order valence-corrected chi connectivity index (χ3v) is 3.69.